The van der Waals surface area contributed by atoms with Gasteiger partial charge in [-0.25, -0.2) is 14.6 Å². The topological polar surface area (TPSA) is 64.9 Å². The fourth-order valence-corrected chi connectivity index (χ4v) is 2.74. The Morgan fingerprint density at radius 3 is 2.86 bits per heavy atom. The number of nitrogens with one attached hydrogen (secondary N) is 1. The minimum atomic E-state index is 0.0908. The maximum atomic E-state index is 4.98. The van der Waals surface area contributed by atoms with Gasteiger partial charge in [0.15, 0.2) is 5.82 Å². The summed E-state index contributed by atoms with van der Waals surface area (Å²) in [5, 5.41) is 10.9. The van der Waals surface area contributed by atoms with E-state index in [1.807, 2.05) is 4.68 Å². The summed E-state index contributed by atoms with van der Waals surface area (Å²) >= 11 is 1.67. The first-order valence-corrected chi connectivity index (χ1v) is 7.90. The van der Waals surface area contributed by atoms with Crippen LogP contribution in [0.5, 0.6) is 0 Å². The third-order valence-corrected chi connectivity index (χ3v) is 3.80. The predicted octanol–water partition coefficient (Wildman–Crippen LogP) is 1.82. The van der Waals surface area contributed by atoms with Gasteiger partial charge in [-0.05, 0) is 0 Å². The highest BCUT2D eigenvalue weighted by molar-refractivity contribution is 7.09. The van der Waals surface area contributed by atoms with Gasteiger partial charge in [0.1, 0.15) is 11.3 Å². The lowest BCUT2D eigenvalue weighted by atomic mass is 9.93. The lowest BCUT2D eigenvalue weighted by Gasteiger charge is -2.14. The fourth-order valence-electron chi connectivity index (χ4n) is 1.73. The smallest absolute Gasteiger partial charge is 0.164 e. The van der Waals surface area contributed by atoms with Crippen LogP contribution in [0, 0.1) is 0 Å². The zero-order valence-electron chi connectivity index (χ0n) is 13.1. The Morgan fingerprint density at radius 1 is 1.38 bits per heavy atom. The zero-order chi connectivity index (χ0) is 15.3. The van der Waals surface area contributed by atoms with E-state index in [4.69, 9.17) is 4.74 Å². The van der Waals surface area contributed by atoms with Gasteiger partial charge in [0.05, 0.1) is 25.4 Å². The molecule has 0 aliphatic carbocycles. The largest absolute Gasteiger partial charge is 0.383 e. The number of ether oxygens (including phenoxy) is 1. The molecular weight excluding hydrogens is 286 g/mol. The molecule has 2 aromatic rings. The monoisotopic (exact) mass is 309 g/mol. The summed E-state index contributed by atoms with van der Waals surface area (Å²) in [6.07, 6.45) is 1.76. The van der Waals surface area contributed by atoms with Crippen molar-refractivity contribution in [3.8, 4) is 0 Å². The van der Waals surface area contributed by atoms with Gasteiger partial charge in [-0.15, -0.1) is 11.3 Å². The van der Waals surface area contributed by atoms with Crippen LogP contribution in [0.4, 0.5) is 0 Å². The summed E-state index contributed by atoms with van der Waals surface area (Å²) in [6, 6.07) is 0. The Kier molecular flexibility index (Phi) is 5.44. The molecule has 0 fully saturated rings. The Hall–Kier alpha value is -1.31. The Morgan fingerprint density at radius 2 is 2.19 bits per heavy atom. The van der Waals surface area contributed by atoms with Crippen molar-refractivity contribution in [3.63, 3.8) is 0 Å². The van der Waals surface area contributed by atoms with E-state index in [2.05, 4.69) is 46.5 Å². The number of hydrogen-bond acceptors (Lipinski definition) is 6. The lowest BCUT2D eigenvalue weighted by Crippen LogP contribution is -2.19. The van der Waals surface area contributed by atoms with Crippen molar-refractivity contribution < 1.29 is 4.74 Å². The van der Waals surface area contributed by atoms with Gasteiger partial charge in [-0.3, -0.25) is 0 Å². The van der Waals surface area contributed by atoms with E-state index in [1.54, 1.807) is 24.8 Å². The molecule has 0 aliphatic heterocycles. The first-order valence-electron chi connectivity index (χ1n) is 7.02. The van der Waals surface area contributed by atoms with E-state index >= 15 is 0 Å². The first-order chi connectivity index (χ1) is 9.99. The Bertz CT molecular complexity index is 558. The van der Waals surface area contributed by atoms with Crippen LogP contribution in [-0.4, -0.2) is 40.0 Å². The van der Waals surface area contributed by atoms with Gasteiger partial charge in [0.2, 0.25) is 0 Å². The van der Waals surface area contributed by atoms with E-state index in [1.165, 1.54) is 0 Å². The summed E-state index contributed by atoms with van der Waals surface area (Å²) in [6.45, 7) is 9.33. The number of thiazole rings is 1. The van der Waals surface area contributed by atoms with Crippen molar-refractivity contribution in [2.24, 2.45) is 0 Å². The molecule has 0 atom stereocenters. The van der Waals surface area contributed by atoms with Crippen LogP contribution < -0.4 is 5.32 Å². The maximum Gasteiger partial charge on any atom is 0.164 e. The van der Waals surface area contributed by atoms with Crippen LogP contribution >= 0.6 is 11.3 Å². The standard InChI is InChI=1S/C14H23N5OS/c1-14(2,3)11-9-21-13(17-11)8-19-10-16-12(18-19)7-15-5-6-20-4/h9-10,15H,5-8H2,1-4H3. The van der Waals surface area contributed by atoms with Gasteiger partial charge < -0.3 is 10.1 Å². The van der Waals surface area contributed by atoms with Gasteiger partial charge >= 0.3 is 0 Å². The van der Waals surface area contributed by atoms with E-state index in [-0.39, 0.29) is 5.41 Å². The molecule has 0 bridgehead atoms. The highest BCUT2D eigenvalue weighted by Gasteiger charge is 2.17. The van der Waals surface area contributed by atoms with Gasteiger partial charge in [-0.1, -0.05) is 20.8 Å². The molecule has 0 saturated heterocycles. The van der Waals surface area contributed by atoms with Crippen LogP contribution in [0.15, 0.2) is 11.7 Å². The first kappa shape index (κ1) is 16.1. The minimum absolute atomic E-state index is 0.0908. The number of aromatic nitrogens is 4. The third-order valence-electron chi connectivity index (χ3n) is 2.97. The second-order valence-corrected chi connectivity index (χ2v) is 6.85. The molecule has 21 heavy (non-hydrogen) atoms. The van der Waals surface area contributed by atoms with Crippen LogP contribution in [0.3, 0.4) is 0 Å². The molecule has 6 nitrogen and oxygen atoms in total. The SMILES string of the molecule is COCCNCc1ncn(Cc2nc(C(C)(C)C)cs2)n1. The molecule has 2 heterocycles. The van der Waals surface area contributed by atoms with Crippen molar-refractivity contribution in [3.05, 3.63) is 28.2 Å². The van der Waals surface area contributed by atoms with Crippen LogP contribution in [0.2, 0.25) is 0 Å². The molecule has 1 N–H and O–H groups in total. The third kappa shape index (κ3) is 4.87. The number of nitrogens with zero attached hydrogens (tertiary/aromatic N) is 4. The maximum absolute atomic E-state index is 4.98. The number of methoxy groups -OCH3 is 1. The van der Waals surface area contributed by atoms with E-state index < -0.39 is 0 Å². The molecule has 0 radical (unpaired) electrons. The van der Waals surface area contributed by atoms with Crippen molar-refractivity contribution in [2.75, 3.05) is 20.3 Å². The molecule has 0 aromatic carbocycles. The van der Waals surface area contributed by atoms with E-state index in [9.17, 15) is 0 Å². The summed E-state index contributed by atoms with van der Waals surface area (Å²) in [4.78, 5) is 8.96. The quantitative estimate of drug-likeness (QED) is 0.790. The van der Waals surface area contributed by atoms with Crippen molar-refractivity contribution in [1.29, 1.82) is 0 Å². The van der Waals surface area contributed by atoms with E-state index in [0.29, 0.717) is 19.7 Å². The van der Waals surface area contributed by atoms with Crippen LogP contribution in [-0.2, 0) is 23.2 Å². The second kappa shape index (κ2) is 7.11. The molecule has 0 spiro atoms. The highest BCUT2D eigenvalue weighted by Crippen LogP contribution is 2.24. The van der Waals surface area contributed by atoms with Crippen molar-refractivity contribution in [1.82, 2.24) is 25.1 Å². The molecule has 7 heteroatoms. The van der Waals surface area contributed by atoms with Crippen molar-refractivity contribution in [2.45, 2.75) is 39.3 Å². The second-order valence-electron chi connectivity index (χ2n) is 5.90. The highest BCUT2D eigenvalue weighted by atomic mass is 32.1. The molecule has 2 aromatic heterocycles. The number of rotatable bonds is 7. The molecule has 2 rings (SSSR count). The minimum Gasteiger partial charge on any atom is -0.383 e. The Labute approximate surface area is 129 Å². The van der Waals surface area contributed by atoms with Gasteiger partial charge in [-0.2, -0.15) is 5.10 Å². The summed E-state index contributed by atoms with van der Waals surface area (Å²) in [7, 11) is 1.69. The molecule has 0 amide bonds. The van der Waals surface area contributed by atoms with Gasteiger partial charge in [0, 0.05) is 24.4 Å². The Balaban J connectivity index is 1.89. The van der Waals surface area contributed by atoms with Crippen molar-refractivity contribution >= 4 is 11.3 Å². The van der Waals surface area contributed by atoms with Gasteiger partial charge in [0.25, 0.3) is 0 Å². The zero-order valence-corrected chi connectivity index (χ0v) is 13.9. The molecule has 0 aliphatic rings. The molecule has 0 saturated carbocycles. The lowest BCUT2D eigenvalue weighted by molar-refractivity contribution is 0.199. The molecular formula is C14H23N5OS. The van der Waals surface area contributed by atoms with Crippen LogP contribution in [0.1, 0.15) is 37.3 Å². The normalized spacial score (nSPS) is 12.0. The summed E-state index contributed by atoms with van der Waals surface area (Å²) < 4.78 is 6.81. The fraction of sp³-hybridized carbons (Fsp3) is 0.643. The average molecular weight is 309 g/mol. The summed E-state index contributed by atoms with van der Waals surface area (Å²) in [5.41, 5.74) is 1.22. The predicted molar refractivity (Wildman–Crippen MR) is 83.5 cm³/mol. The van der Waals surface area contributed by atoms with E-state index in [0.717, 1.165) is 23.1 Å². The summed E-state index contributed by atoms with van der Waals surface area (Å²) in [5.74, 6) is 0.790. The van der Waals surface area contributed by atoms with Crippen LogP contribution in [0.25, 0.3) is 0 Å². The molecule has 116 valence electrons. The number of hydrogen-bond donors (Lipinski definition) is 1. The molecule has 0 unspecified atom stereocenters. The average Bonchev–Trinajstić information content (AvgIpc) is 3.04.